The summed E-state index contributed by atoms with van der Waals surface area (Å²) in [5.41, 5.74) is 3.20. The van der Waals surface area contributed by atoms with Crippen LogP contribution in [0.5, 0.6) is 0 Å². The Morgan fingerprint density at radius 2 is 1.87 bits per heavy atom. The molecule has 2 nitrogen and oxygen atoms in total. The second-order valence-electron chi connectivity index (χ2n) is 5.71. The van der Waals surface area contributed by atoms with Gasteiger partial charge in [-0.15, -0.1) is 0 Å². The number of nitrogens with zero attached hydrogens (tertiary/aromatic N) is 1. The number of hydrogen-bond donors (Lipinski definition) is 0. The molecule has 1 unspecified atom stereocenters. The first-order valence-corrected chi connectivity index (χ1v) is 7.94. The second-order valence-corrected chi connectivity index (χ2v) is 5.71. The van der Waals surface area contributed by atoms with Crippen molar-refractivity contribution in [2.75, 3.05) is 0 Å². The van der Waals surface area contributed by atoms with Gasteiger partial charge in [0.1, 0.15) is 5.82 Å². The van der Waals surface area contributed by atoms with Crippen LogP contribution in [-0.4, -0.2) is 12.3 Å². The highest BCUT2D eigenvalue weighted by Crippen LogP contribution is 2.21. The third kappa shape index (κ3) is 4.86. The van der Waals surface area contributed by atoms with E-state index in [4.69, 9.17) is 4.74 Å². The molecule has 0 spiro atoms. The molecular weight excluding hydrogens is 289 g/mol. The number of allylic oxidation sites excluding steroid dienone is 1. The molecule has 0 aliphatic heterocycles. The number of aliphatic imine (C=N–C) groups is 1. The van der Waals surface area contributed by atoms with Crippen molar-refractivity contribution in [1.82, 2.24) is 0 Å². The van der Waals surface area contributed by atoms with E-state index < -0.39 is 0 Å². The fourth-order valence-corrected chi connectivity index (χ4v) is 2.57. The number of ether oxygens (including phenoxy) is 1. The van der Waals surface area contributed by atoms with Gasteiger partial charge in [-0.25, -0.2) is 4.39 Å². The molecule has 3 rings (SSSR count). The minimum atomic E-state index is -0.237. The van der Waals surface area contributed by atoms with E-state index in [1.807, 2.05) is 24.4 Å². The molecule has 1 atom stereocenters. The molecule has 3 heteroatoms. The van der Waals surface area contributed by atoms with Crippen molar-refractivity contribution in [3.05, 3.63) is 77.6 Å². The molecular formula is C20H20FNO. The van der Waals surface area contributed by atoms with Crippen LogP contribution in [0.4, 0.5) is 10.1 Å². The largest absolute Gasteiger partial charge is 0.373 e. The number of halogens is 1. The minimum absolute atomic E-state index is 0.237. The lowest BCUT2D eigenvalue weighted by molar-refractivity contribution is 0.0347. The van der Waals surface area contributed by atoms with E-state index >= 15 is 0 Å². The molecule has 0 heterocycles. The average molecular weight is 309 g/mol. The maximum Gasteiger partial charge on any atom is 0.123 e. The average Bonchev–Trinajstić information content (AvgIpc) is 2.61. The fraction of sp³-hybridized carbons (Fsp3) is 0.250. The molecule has 2 aromatic rings. The molecule has 0 bridgehead atoms. The Labute approximate surface area is 136 Å². The molecule has 1 aliphatic carbocycles. The van der Waals surface area contributed by atoms with Gasteiger partial charge in [0.05, 0.1) is 18.4 Å². The maximum atomic E-state index is 12.8. The van der Waals surface area contributed by atoms with Gasteiger partial charge in [0.15, 0.2) is 0 Å². The normalized spacial score (nSPS) is 18.1. The molecule has 0 amide bonds. The van der Waals surface area contributed by atoms with Crippen molar-refractivity contribution in [2.24, 2.45) is 4.99 Å². The van der Waals surface area contributed by atoms with Crippen LogP contribution >= 0.6 is 0 Å². The van der Waals surface area contributed by atoms with Gasteiger partial charge >= 0.3 is 0 Å². The summed E-state index contributed by atoms with van der Waals surface area (Å²) in [5.74, 6) is -0.237. The minimum Gasteiger partial charge on any atom is -0.373 e. The van der Waals surface area contributed by atoms with E-state index in [0.717, 1.165) is 24.9 Å². The lowest BCUT2D eigenvalue weighted by atomic mass is 9.98. The van der Waals surface area contributed by atoms with Gasteiger partial charge in [-0.2, -0.15) is 0 Å². The summed E-state index contributed by atoms with van der Waals surface area (Å²) < 4.78 is 18.8. The molecule has 118 valence electrons. The Hall–Kier alpha value is -2.26. The van der Waals surface area contributed by atoms with Crippen LogP contribution in [0.3, 0.4) is 0 Å². The highest BCUT2D eigenvalue weighted by atomic mass is 19.1. The number of hydrogen-bond acceptors (Lipinski definition) is 2. The molecule has 23 heavy (non-hydrogen) atoms. The molecule has 0 radical (unpaired) electrons. The molecule has 2 aromatic carbocycles. The second kappa shape index (κ2) is 7.84. The van der Waals surface area contributed by atoms with Crippen molar-refractivity contribution in [1.29, 1.82) is 0 Å². The molecule has 0 aromatic heterocycles. The zero-order chi connectivity index (χ0) is 15.9. The van der Waals surface area contributed by atoms with Gasteiger partial charge in [-0.1, -0.05) is 36.4 Å². The predicted molar refractivity (Wildman–Crippen MR) is 91.5 cm³/mol. The topological polar surface area (TPSA) is 21.6 Å². The van der Waals surface area contributed by atoms with E-state index in [-0.39, 0.29) is 11.9 Å². The number of benzene rings is 2. The van der Waals surface area contributed by atoms with Crippen LogP contribution in [0.25, 0.3) is 0 Å². The zero-order valence-corrected chi connectivity index (χ0v) is 13.0. The lowest BCUT2D eigenvalue weighted by Gasteiger charge is -2.21. The van der Waals surface area contributed by atoms with Crippen LogP contribution in [0.15, 0.2) is 71.2 Å². The predicted octanol–water partition coefficient (Wildman–Crippen LogP) is 5.22. The van der Waals surface area contributed by atoms with Crippen molar-refractivity contribution >= 4 is 11.9 Å². The maximum absolute atomic E-state index is 12.8. The summed E-state index contributed by atoms with van der Waals surface area (Å²) in [5, 5.41) is 0. The summed E-state index contributed by atoms with van der Waals surface area (Å²) >= 11 is 0. The SMILES string of the molecule is Fc1ccc(N=CC2=CCC(OCc3ccccc3)CC2)cc1. The van der Waals surface area contributed by atoms with Crippen molar-refractivity contribution in [2.45, 2.75) is 32.0 Å². The Bertz CT molecular complexity index is 677. The molecule has 0 saturated heterocycles. The first-order chi connectivity index (χ1) is 11.3. The highest BCUT2D eigenvalue weighted by molar-refractivity contribution is 5.81. The Balaban J connectivity index is 1.49. The summed E-state index contributed by atoms with van der Waals surface area (Å²) in [6.45, 7) is 0.665. The first-order valence-electron chi connectivity index (χ1n) is 7.94. The molecule has 0 saturated carbocycles. The fourth-order valence-electron chi connectivity index (χ4n) is 2.57. The van der Waals surface area contributed by atoms with Gasteiger partial charge in [0.2, 0.25) is 0 Å². The van der Waals surface area contributed by atoms with Crippen LogP contribution < -0.4 is 0 Å². The molecule has 0 N–H and O–H groups in total. The Morgan fingerprint density at radius 3 is 2.57 bits per heavy atom. The van der Waals surface area contributed by atoms with Gasteiger partial charge < -0.3 is 4.74 Å². The first kappa shape index (κ1) is 15.6. The summed E-state index contributed by atoms with van der Waals surface area (Å²) in [4.78, 5) is 4.39. The Morgan fingerprint density at radius 1 is 1.09 bits per heavy atom. The third-order valence-electron chi connectivity index (χ3n) is 3.93. The number of rotatable bonds is 5. The van der Waals surface area contributed by atoms with E-state index in [9.17, 15) is 4.39 Å². The van der Waals surface area contributed by atoms with E-state index in [0.29, 0.717) is 6.61 Å². The highest BCUT2D eigenvalue weighted by Gasteiger charge is 2.14. The molecule has 1 aliphatic rings. The van der Waals surface area contributed by atoms with E-state index in [1.165, 1.54) is 23.3 Å². The Kier molecular flexibility index (Phi) is 5.33. The standard InChI is InChI=1S/C20H20FNO/c21-18-8-10-19(11-9-18)22-14-16-6-12-20(13-7-16)23-15-17-4-2-1-3-5-17/h1-6,8-11,14,20H,7,12-13,15H2. The van der Waals surface area contributed by atoms with Crippen molar-refractivity contribution in [3.8, 4) is 0 Å². The van der Waals surface area contributed by atoms with E-state index in [1.54, 1.807) is 12.1 Å². The lowest BCUT2D eigenvalue weighted by Crippen LogP contribution is -2.16. The monoisotopic (exact) mass is 309 g/mol. The third-order valence-corrected chi connectivity index (χ3v) is 3.93. The quantitative estimate of drug-likeness (QED) is 0.694. The van der Waals surface area contributed by atoms with Crippen LogP contribution in [0.2, 0.25) is 0 Å². The van der Waals surface area contributed by atoms with Crippen LogP contribution in [0.1, 0.15) is 24.8 Å². The smallest absolute Gasteiger partial charge is 0.123 e. The van der Waals surface area contributed by atoms with Gasteiger partial charge in [-0.05, 0) is 54.7 Å². The molecule has 0 fully saturated rings. The van der Waals surface area contributed by atoms with Gasteiger partial charge in [0.25, 0.3) is 0 Å². The summed E-state index contributed by atoms with van der Waals surface area (Å²) in [6.07, 6.45) is 7.22. The van der Waals surface area contributed by atoms with Gasteiger partial charge in [0, 0.05) is 6.21 Å². The summed E-state index contributed by atoms with van der Waals surface area (Å²) in [7, 11) is 0. The van der Waals surface area contributed by atoms with Gasteiger partial charge in [-0.3, -0.25) is 4.99 Å². The van der Waals surface area contributed by atoms with Crippen molar-refractivity contribution in [3.63, 3.8) is 0 Å². The summed E-state index contributed by atoms with van der Waals surface area (Å²) in [6, 6.07) is 16.5. The zero-order valence-electron chi connectivity index (χ0n) is 13.0. The van der Waals surface area contributed by atoms with Crippen molar-refractivity contribution < 1.29 is 9.13 Å². The van der Waals surface area contributed by atoms with E-state index in [2.05, 4.69) is 23.2 Å². The van der Waals surface area contributed by atoms with Crippen LogP contribution in [0, 0.1) is 5.82 Å². The van der Waals surface area contributed by atoms with Crippen LogP contribution in [-0.2, 0) is 11.3 Å².